The van der Waals surface area contributed by atoms with Gasteiger partial charge in [-0.15, -0.1) is 0 Å². The van der Waals surface area contributed by atoms with Gasteiger partial charge in [-0.25, -0.2) is 0 Å². The Morgan fingerprint density at radius 1 is 1.00 bits per heavy atom. The zero-order valence-electron chi connectivity index (χ0n) is 14.8. The van der Waals surface area contributed by atoms with Gasteiger partial charge in [-0.3, -0.25) is 4.79 Å². The Hall–Kier alpha value is -3.27. The van der Waals surface area contributed by atoms with E-state index in [2.05, 4.69) is 13.2 Å². The molecular weight excluding hydrogens is 328 g/mol. The Morgan fingerprint density at radius 3 is 2.31 bits per heavy atom. The molecule has 2 rings (SSSR count). The Bertz CT molecular complexity index is 791. The smallest absolute Gasteiger partial charge is 0.185 e. The summed E-state index contributed by atoms with van der Waals surface area (Å²) < 4.78 is 16.7. The minimum absolute atomic E-state index is 0.102. The number of ketones is 1. The van der Waals surface area contributed by atoms with E-state index in [0.29, 0.717) is 41.6 Å². The fraction of sp³-hybridized carbons (Fsp3) is 0.136. The lowest BCUT2D eigenvalue weighted by Gasteiger charge is -2.14. The standard InChI is InChI=1S/C22H22O4/c1-4-13-25-18-15-21(24-3)19(22(16-18)26-14-5-2)11-12-20(23)17-9-7-6-8-10-17/h4-12,15-16H,1-2,13-14H2,3H3. The molecular formula is C22H22O4. The van der Waals surface area contributed by atoms with Crippen molar-refractivity contribution in [2.24, 2.45) is 0 Å². The first-order valence-corrected chi connectivity index (χ1v) is 8.16. The van der Waals surface area contributed by atoms with Crippen LogP contribution in [0, 0.1) is 0 Å². The molecule has 0 bridgehead atoms. The summed E-state index contributed by atoms with van der Waals surface area (Å²) >= 11 is 0. The van der Waals surface area contributed by atoms with Crippen molar-refractivity contribution in [2.45, 2.75) is 0 Å². The maximum Gasteiger partial charge on any atom is 0.185 e. The van der Waals surface area contributed by atoms with Crippen molar-refractivity contribution >= 4 is 11.9 Å². The van der Waals surface area contributed by atoms with Crippen LogP contribution in [0.15, 0.2) is 73.9 Å². The Labute approximate surface area is 154 Å². The average Bonchev–Trinajstić information content (AvgIpc) is 2.69. The third-order valence-electron chi connectivity index (χ3n) is 3.48. The van der Waals surface area contributed by atoms with Crippen LogP contribution in [0.2, 0.25) is 0 Å². The molecule has 0 spiro atoms. The van der Waals surface area contributed by atoms with Crippen molar-refractivity contribution in [3.63, 3.8) is 0 Å². The fourth-order valence-corrected chi connectivity index (χ4v) is 2.27. The molecule has 0 fully saturated rings. The van der Waals surface area contributed by atoms with Crippen LogP contribution in [0.4, 0.5) is 0 Å². The summed E-state index contributed by atoms with van der Waals surface area (Å²) in [6.07, 6.45) is 6.48. The molecule has 0 aliphatic rings. The molecule has 4 heteroatoms. The highest BCUT2D eigenvalue weighted by molar-refractivity contribution is 6.07. The van der Waals surface area contributed by atoms with E-state index < -0.39 is 0 Å². The minimum Gasteiger partial charge on any atom is -0.496 e. The third-order valence-corrected chi connectivity index (χ3v) is 3.48. The van der Waals surface area contributed by atoms with Crippen molar-refractivity contribution in [1.29, 1.82) is 0 Å². The normalized spacial score (nSPS) is 10.3. The monoisotopic (exact) mass is 350 g/mol. The van der Waals surface area contributed by atoms with E-state index in [1.807, 2.05) is 18.2 Å². The van der Waals surface area contributed by atoms with Gasteiger partial charge in [0.15, 0.2) is 5.78 Å². The summed E-state index contributed by atoms with van der Waals surface area (Å²) in [6, 6.07) is 12.6. The largest absolute Gasteiger partial charge is 0.496 e. The van der Waals surface area contributed by atoms with Crippen LogP contribution < -0.4 is 14.2 Å². The van der Waals surface area contributed by atoms with Crippen LogP contribution >= 0.6 is 0 Å². The first-order chi connectivity index (χ1) is 12.7. The molecule has 0 aliphatic heterocycles. The third kappa shape index (κ3) is 5.11. The molecule has 0 amide bonds. The molecule has 0 aromatic heterocycles. The molecule has 0 heterocycles. The number of allylic oxidation sites excluding steroid dienone is 1. The van der Waals surface area contributed by atoms with Gasteiger partial charge in [0, 0.05) is 17.7 Å². The lowest BCUT2D eigenvalue weighted by atomic mass is 10.1. The molecule has 0 radical (unpaired) electrons. The predicted octanol–water partition coefficient (Wildman–Crippen LogP) is 4.72. The number of ether oxygens (including phenoxy) is 3. The van der Waals surface area contributed by atoms with Crippen molar-refractivity contribution in [3.05, 3.63) is 85.0 Å². The van der Waals surface area contributed by atoms with E-state index in [4.69, 9.17) is 14.2 Å². The number of hydrogen-bond acceptors (Lipinski definition) is 4. The second kappa shape index (κ2) is 9.89. The number of hydrogen-bond donors (Lipinski definition) is 0. The van der Waals surface area contributed by atoms with Crippen molar-refractivity contribution < 1.29 is 19.0 Å². The van der Waals surface area contributed by atoms with Gasteiger partial charge in [0.05, 0.1) is 12.7 Å². The van der Waals surface area contributed by atoms with E-state index >= 15 is 0 Å². The second-order valence-electron chi connectivity index (χ2n) is 5.30. The van der Waals surface area contributed by atoms with Gasteiger partial charge in [0.2, 0.25) is 0 Å². The van der Waals surface area contributed by atoms with E-state index in [1.165, 1.54) is 6.08 Å². The van der Waals surface area contributed by atoms with Crippen LogP contribution in [0.3, 0.4) is 0 Å². The van der Waals surface area contributed by atoms with E-state index in [9.17, 15) is 4.79 Å². The Balaban J connectivity index is 2.37. The lowest BCUT2D eigenvalue weighted by molar-refractivity contribution is 0.104. The maximum atomic E-state index is 12.3. The van der Waals surface area contributed by atoms with Gasteiger partial charge in [-0.2, -0.15) is 0 Å². The van der Waals surface area contributed by atoms with Gasteiger partial charge in [-0.05, 0) is 12.2 Å². The van der Waals surface area contributed by atoms with Crippen LogP contribution in [0.25, 0.3) is 6.08 Å². The van der Waals surface area contributed by atoms with Crippen LogP contribution in [-0.2, 0) is 0 Å². The molecule has 4 nitrogen and oxygen atoms in total. The molecule has 0 saturated heterocycles. The quantitative estimate of drug-likeness (QED) is 0.353. The number of rotatable bonds is 10. The Morgan fingerprint density at radius 2 is 1.65 bits per heavy atom. The SMILES string of the molecule is C=CCOc1cc(OC)c(C=CC(=O)c2ccccc2)c(OCC=C)c1. The highest BCUT2D eigenvalue weighted by Crippen LogP contribution is 2.35. The van der Waals surface area contributed by atoms with Crippen LogP contribution in [0.5, 0.6) is 17.2 Å². The van der Waals surface area contributed by atoms with E-state index in [1.54, 1.807) is 49.6 Å². The number of methoxy groups -OCH3 is 1. The maximum absolute atomic E-state index is 12.3. The first-order valence-electron chi connectivity index (χ1n) is 8.16. The van der Waals surface area contributed by atoms with Gasteiger partial charge >= 0.3 is 0 Å². The first kappa shape index (κ1) is 19.1. The molecule has 2 aromatic carbocycles. The van der Waals surface area contributed by atoms with Crippen molar-refractivity contribution in [3.8, 4) is 17.2 Å². The predicted molar refractivity (Wildman–Crippen MR) is 104 cm³/mol. The number of benzene rings is 2. The summed E-state index contributed by atoms with van der Waals surface area (Å²) in [4.78, 5) is 12.3. The zero-order valence-corrected chi connectivity index (χ0v) is 14.8. The highest BCUT2D eigenvalue weighted by Gasteiger charge is 2.12. The number of carbonyl (C=O) groups is 1. The molecule has 0 atom stereocenters. The summed E-state index contributed by atoms with van der Waals surface area (Å²) in [5, 5.41) is 0. The zero-order chi connectivity index (χ0) is 18.8. The fourth-order valence-electron chi connectivity index (χ4n) is 2.27. The summed E-state index contributed by atoms with van der Waals surface area (Å²) in [5.74, 6) is 1.57. The minimum atomic E-state index is -0.102. The van der Waals surface area contributed by atoms with Crippen LogP contribution in [-0.4, -0.2) is 26.1 Å². The number of carbonyl (C=O) groups excluding carboxylic acids is 1. The summed E-state index contributed by atoms with van der Waals surface area (Å²) in [6.45, 7) is 7.98. The summed E-state index contributed by atoms with van der Waals surface area (Å²) in [7, 11) is 1.56. The second-order valence-corrected chi connectivity index (χ2v) is 5.30. The van der Waals surface area contributed by atoms with Gasteiger partial charge < -0.3 is 14.2 Å². The molecule has 0 saturated carbocycles. The molecule has 0 N–H and O–H groups in total. The van der Waals surface area contributed by atoms with E-state index in [0.717, 1.165) is 0 Å². The highest BCUT2D eigenvalue weighted by atomic mass is 16.5. The topological polar surface area (TPSA) is 44.8 Å². The van der Waals surface area contributed by atoms with Gasteiger partial charge in [-0.1, -0.05) is 55.6 Å². The van der Waals surface area contributed by atoms with Crippen molar-refractivity contribution in [1.82, 2.24) is 0 Å². The molecule has 134 valence electrons. The Kier molecular flexibility index (Phi) is 7.25. The van der Waals surface area contributed by atoms with Gasteiger partial charge in [0.1, 0.15) is 30.5 Å². The molecule has 26 heavy (non-hydrogen) atoms. The molecule has 0 aliphatic carbocycles. The van der Waals surface area contributed by atoms with Crippen molar-refractivity contribution in [2.75, 3.05) is 20.3 Å². The van der Waals surface area contributed by atoms with Crippen LogP contribution in [0.1, 0.15) is 15.9 Å². The lowest BCUT2D eigenvalue weighted by Crippen LogP contribution is -2.01. The van der Waals surface area contributed by atoms with Gasteiger partial charge in [0.25, 0.3) is 0 Å². The summed E-state index contributed by atoms with van der Waals surface area (Å²) in [5.41, 5.74) is 1.27. The molecule has 0 unspecified atom stereocenters. The van der Waals surface area contributed by atoms with E-state index in [-0.39, 0.29) is 5.78 Å². The average molecular weight is 350 g/mol. The molecule has 2 aromatic rings.